The number of Topliss-reactive ketones (excluding diaryl/α,β-unsaturated/α-hetero) is 1. The van der Waals surface area contributed by atoms with Gasteiger partial charge in [0.1, 0.15) is 11.6 Å². The summed E-state index contributed by atoms with van der Waals surface area (Å²) in [7, 11) is 0. The lowest BCUT2D eigenvalue weighted by molar-refractivity contribution is 0.102. The van der Waals surface area contributed by atoms with Crippen molar-refractivity contribution in [2.24, 2.45) is 0 Å². The number of thioether (sulfide) groups is 1. The van der Waals surface area contributed by atoms with Crippen molar-refractivity contribution in [2.45, 2.75) is 11.8 Å². The zero-order valence-corrected chi connectivity index (χ0v) is 15.5. The van der Waals surface area contributed by atoms with Crippen molar-refractivity contribution in [3.05, 3.63) is 84.0 Å². The minimum Gasteiger partial charge on any atom is -0.484 e. The van der Waals surface area contributed by atoms with Crippen molar-refractivity contribution in [3.8, 4) is 5.75 Å². The summed E-state index contributed by atoms with van der Waals surface area (Å²) in [5, 5.41) is 10.4. The fourth-order valence-corrected chi connectivity index (χ4v) is 3.28. The molecule has 1 aromatic heterocycles. The summed E-state index contributed by atoms with van der Waals surface area (Å²) in [5.41, 5.74) is 0.438. The monoisotopic (exact) mass is 394 g/mol. The van der Waals surface area contributed by atoms with E-state index in [1.165, 1.54) is 24.3 Å². The summed E-state index contributed by atoms with van der Waals surface area (Å²) in [6.07, 6.45) is 0. The van der Waals surface area contributed by atoms with Crippen LogP contribution in [-0.4, -0.2) is 21.7 Å². The molecule has 0 saturated heterocycles. The van der Waals surface area contributed by atoms with Crippen molar-refractivity contribution >= 4 is 28.3 Å². The number of hydrogen-bond donors (Lipinski definition) is 0. The van der Waals surface area contributed by atoms with E-state index in [0.29, 0.717) is 17.2 Å². The first-order chi connectivity index (χ1) is 13.7. The Bertz CT molecular complexity index is 1110. The van der Waals surface area contributed by atoms with Crippen LogP contribution >= 0.6 is 11.8 Å². The predicted octanol–water partition coefficient (Wildman–Crippen LogP) is 4.92. The highest BCUT2D eigenvalue weighted by Crippen LogP contribution is 2.22. The fraction of sp³-hybridized carbons (Fsp3) is 0.0952. The number of carbonyl (C=O) groups is 1. The third kappa shape index (κ3) is 4.37. The topological polar surface area (TPSA) is 65.2 Å². The molecule has 4 aromatic rings. The molecule has 0 radical (unpaired) electrons. The van der Waals surface area contributed by atoms with Gasteiger partial charge in [0.05, 0.1) is 5.75 Å². The molecule has 0 aliphatic carbocycles. The lowest BCUT2D eigenvalue weighted by Gasteiger charge is -2.04. The van der Waals surface area contributed by atoms with Gasteiger partial charge in [-0.1, -0.05) is 42.1 Å². The molecule has 0 bridgehead atoms. The molecule has 1 heterocycles. The van der Waals surface area contributed by atoms with Crippen LogP contribution in [0.4, 0.5) is 4.39 Å². The Morgan fingerprint density at radius 1 is 1.00 bits per heavy atom. The molecule has 28 heavy (non-hydrogen) atoms. The Balaban J connectivity index is 1.32. The number of fused-ring (bicyclic) bond motifs is 1. The van der Waals surface area contributed by atoms with E-state index in [2.05, 4.69) is 10.2 Å². The van der Waals surface area contributed by atoms with Crippen LogP contribution in [0.25, 0.3) is 10.8 Å². The van der Waals surface area contributed by atoms with Gasteiger partial charge >= 0.3 is 0 Å². The van der Waals surface area contributed by atoms with E-state index in [4.69, 9.17) is 9.15 Å². The van der Waals surface area contributed by atoms with E-state index in [-0.39, 0.29) is 29.2 Å². The molecule has 0 atom stereocenters. The molecule has 140 valence electrons. The van der Waals surface area contributed by atoms with E-state index in [0.717, 1.165) is 22.5 Å². The summed E-state index contributed by atoms with van der Waals surface area (Å²) < 4.78 is 24.1. The SMILES string of the molecule is O=C(CSc1nnc(COc2ccc3ccccc3c2)o1)c1ccc(F)cc1. The van der Waals surface area contributed by atoms with Gasteiger partial charge in [-0.3, -0.25) is 4.79 Å². The van der Waals surface area contributed by atoms with Crippen LogP contribution in [0.5, 0.6) is 5.75 Å². The maximum atomic E-state index is 12.9. The number of nitrogens with zero attached hydrogens (tertiary/aromatic N) is 2. The van der Waals surface area contributed by atoms with Gasteiger partial charge < -0.3 is 9.15 Å². The van der Waals surface area contributed by atoms with Gasteiger partial charge in [0.15, 0.2) is 12.4 Å². The smallest absolute Gasteiger partial charge is 0.277 e. The average Bonchev–Trinajstić information content (AvgIpc) is 3.19. The Morgan fingerprint density at radius 2 is 1.79 bits per heavy atom. The number of halogens is 1. The standard InChI is InChI=1S/C21H15FN2O3S/c22-17-8-5-15(6-9-17)19(25)13-28-21-24-23-20(27-21)12-26-18-10-7-14-3-1-2-4-16(14)11-18/h1-11H,12-13H2. The summed E-state index contributed by atoms with van der Waals surface area (Å²) in [5.74, 6) is 0.635. The molecule has 0 saturated carbocycles. The van der Waals surface area contributed by atoms with Gasteiger partial charge in [0.25, 0.3) is 11.1 Å². The zero-order chi connectivity index (χ0) is 19.3. The molecule has 5 nitrogen and oxygen atoms in total. The molecule has 3 aromatic carbocycles. The highest BCUT2D eigenvalue weighted by Gasteiger charge is 2.12. The number of rotatable bonds is 7. The normalized spacial score (nSPS) is 10.9. The summed E-state index contributed by atoms with van der Waals surface area (Å²) in [4.78, 5) is 12.1. The van der Waals surface area contributed by atoms with E-state index in [1.54, 1.807) is 0 Å². The van der Waals surface area contributed by atoms with Gasteiger partial charge in [-0.25, -0.2) is 4.39 Å². The van der Waals surface area contributed by atoms with Gasteiger partial charge in [-0.05, 0) is 47.2 Å². The van der Waals surface area contributed by atoms with Crippen molar-refractivity contribution in [1.29, 1.82) is 0 Å². The van der Waals surface area contributed by atoms with Crippen LogP contribution in [0, 0.1) is 5.82 Å². The summed E-state index contributed by atoms with van der Waals surface area (Å²) in [6, 6.07) is 19.3. The molecule has 0 unspecified atom stereocenters. The highest BCUT2D eigenvalue weighted by atomic mass is 32.2. The summed E-state index contributed by atoms with van der Waals surface area (Å²) >= 11 is 1.13. The Labute approximate surface area is 164 Å². The zero-order valence-electron chi connectivity index (χ0n) is 14.7. The van der Waals surface area contributed by atoms with Gasteiger partial charge in [-0.2, -0.15) is 0 Å². The lowest BCUT2D eigenvalue weighted by atomic mass is 10.1. The molecular weight excluding hydrogens is 379 g/mol. The van der Waals surface area contributed by atoms with Crippen LogP contribution in [0.15, 0.2) is 76.4 Å². The molecule has 0 aliphatic heterocycles. The van der Waals surface area contributed by atoms with E-state index in [9.17, 15) is 9.18 Å². The maximum absolute atomic E-state index is 12.9. The highest BCUT2D eigenvalue weighted by molar-refractivity contribution is 7.99. The second-order valence-electron chi connectivity index (χ2n) is 5.98. The van der Waals surface area contributed by atoms with Gasteiger partial charge in [-0.15, -0.1) is 10.2 Å². The maximum Gasteiger partial charge on any atom is 0.277 e. The van der Waals surface area contributed by atoms with E-state index in [1.807, 2.05) is 42.5 Å². The Morgan fingerprint density at radius 3 is 2.61 bits per heavy atom. The van der Waals surface area contributed by atoms with Crippen molar-refractivity contribution in [3.63, 3.8) is 0 Å². The molecule has 0 aliphatic rings. The predicted molar refractivity (Wildman–Crippen MR) is 104 cm³/mol. The fourth-order valence-electron chi connectivity index (χ4n) is 2.60. The average molecular weight is 394 g/mol. The Kier molecular flexibility index (Phi) is 5.34. The largest absolute Gasteiger partial charge is 0.484 e. The molecule has 4 rings (SSSR count). The lowest BCUT2D eigenvalue weighted by Crippen LogP contribution is -2.02. The third-order valence-electron chi connectivity index (χ3n) is 4.02. The molecular formula is C21H15FN2O3S. The van der Waals surface area contributed by atoms with Crippen molar-refractivity contribution in [2.75, 3.05) is 5.75 Å². The first kappa shape index (κ1) is 18.2. The molecule has 0 spiro atoms. The quantitative estimate of drug-likeness (QED) is 0.328. The second kappa shape index (κ2) is 8.22. The van der Waals surface area contributed by atoms with Crippen LogP contribution in [0.3, 0.4) is 0 Å². The number of hydrogen-bond acceptors (Lipinski definition) is 6. The van der Waals surface area contributed by atoms with Crippen molar-refractivity contribution in [1.82, 2.24) is 10.2 Å². The minimum atomic E-state index is -0.378. The molecule has 0 N–H and O–H groups in total. The number of aromatic nitrogens is 2. The van der Waals surface area contributed by atoms with Gasteiger partial charge in [0, 0.05) is 5.56 Å². The van der Waals surface area contributed by atoms with E-state index >= 15 is 0 Å². The van der Waals surface area contributed by atoms with Crippen LogP contribution in [-0.2, 0) is 6.61 Å². The molecule has 0 amide bonds. The summed E-state index contributed by atoms with van der Waals surface area (Å²) in [6.45, 7) is 0.137. The number of benzene rings is 3. The van der Waals surface area contributed by atoms with Crippen LogP contribution < -0.4 is 4.74 Å². The van der Waals surface area contributed by atoms with Crippen molar-refractivity contribution < 1.29 is 18.3 Å². The van der Waals surface area contributed by atoms with Crippen LogP contribution in [0.2, 0.25) is 0 Å². The second-order valence-corrected chi connectivity index (χ2v) is 6.90. The van der Waals surface area contributed by atoms with Gasteiger partial charge in [0.2, 0.25) is 0 Å². The molecule has 7 heteroatoms. The molecule has 0 fully saturated rings. The third-order valence-corrected chi connectivity index (χ3v) is 4.84. The first-order valence-electron chi connectivity index (χ1n) is 8.53. The van der Waals surface area contributed by atoms with Crippen LogP contribution in [0.1, 0.15) is 16.2 Å². The number of ether oxygens (including phenoxy) is 1. The van der Waals surface area contributed by atoms with E-state index < -0.39 is 0 Å². The first-order valence-corrected chi connectivity index (χ1v) is 9.51. The number of carbonyl (C=O) groups excluding carboxylic acids is 1. The minimum absolute atomic E-state index is 0.124. The number of ketones is 1. The Hall–Kier alpha value is -3.19.